The fourth-order valence-electron chi connectivity index (χ4n) is 2.97. The van der Waals surface area contributed by atoms with Gasteiger partial charge in [-0.1, -0.05) is 18.2 Å². The van der Waals surface area contributed by atoms with E-state index in [4.69, 9.17) is 10.00 Å². The number of hydrogen-bond donors (Lipinski definition) is 1. The molecule has 0 heterocycles. The van der Waals surface area contributed by atoms with Gasteiger partial charge in [0.1, 0.15) is 6.61 Å². The van der Waals surface area contributed by atoms with Gasteiger partial charge in [0.2, 0.25) is 0 Å². The smallest absolute Gasteiger partial charge is 0.411 e. The van der Waals surface area contributed by atoms with Crippen molar-refractivity contribution >= 4 is 34.5 Å². The van der Waals surface area contributed by atoms with Gasteiger partial charge in [-0.3, -0.25) is 15.4 Å². The van der Waals surface area contributed by atoms with Crippen molar-refractivity contribution in [2.45, 2.75) is 6.42 Å². The maximum Gasteiger partial charge on any atom is 0.411 e. The van der Waals surface area contributed by atoms with Gasteiger partial charge >= 0.3 is 6.09 Å². The Labute approximate surface area is 196 Å². The van der Waals surface area contributed by atoms with Crippen molar-refractivity contribution in [1.82, 2.24) is 0 Å². The highest BCUT2D eigenvalue weighted by Gasteiger charge is 2.09. The Morgan fingerprint density at radius 3 is 2.18 bits per heavy atom. The summed E-state index contributed by atoms with van der Waals surface area (Å²) in [6.45, 7) is 1.03. The number of ether oxygens (including phenoxy) is 1. The van der Waals surface area contributed by atoms with Crippen LogP contribution < -0.4 is 10.2 Å². The molecule has 0 bridgehead atoms. The van der Waals surface area contributed by atoms with E-state index in [1.165, 1.54) is 24.3 Å². The molecule has 0 fully saturated rings. The molecule has 0 aromatic heterocycles. The lowest BCUT2D eigenvalue weighted by Gasteiger charge is -2.23. The number of anilines is 2. The van der Waals surface area contributed by atoms with Gasteiger partial charge in [-0.25, -0.2) is 4.79 Å². The predicted molar refractivity (Wildman–Crippen MR) is 128 cm³/mol. The number of azo groups is 1. The zero-order valence-corrected chi connectivity index (χ0v) is 18.2. The van der Waals surface area contributed by atoms with Crippen LogP contribution in [0.4, 0.5) is 33.2 Å². The fraction of sp³-hybridized carbons (Fsp3) is 0.167. The number of carbonyl (C=O) groups excluding carboxylic acids is 1. The van der Waals surface area contributed by atoms with Gasteiger partial charge in [0.05, 0.1) is 35.3 Å². The average Bonchev–Trinajstić information content (AvgIpc) is 2.86. The summed E-state index contributed by atoms with van der Waals surface area (Å²) in [5, 5.41) is 30.6. The number of nitro groups is 1. The van der Waals surface area contributed by atoms with Gasteiger partial charge in [0.15, 0.2) is 0 Å². The number of para-hydroxylation sites is 1. The summed E-state index contributed by atoms with van der Waals surface area (Å²) >= 11 is 0. The molecule has 3 rings (SSSR count). The van der Waals surface area contributed by atoms with Crippen molar-refractivity contribution in [3.63, 3.8) is 0 Å². The van der Waals surface area contributed by atoms with E-state index in [1.54, 1.807) is 24.3 Å². The van der Waals surface area contributed by atoms with Gasteiger partial charge in [-0.05, 0) is 48.5 Å². The van der Waals surface area contributed by atoms with Crippen LogP contribution >= 0.6 is 0 Å². The van der Waals surface area contributed by atoms with Crippen molar-refractivity contribution in [3.05, 3.63) is 89.0 Å². The quantitative estimate of drug-likeness (QED) is 0.226. The van der Waals surface area contributed by atoms with Crippen LogP contribution in [0.25, 0.3) is 0 Å². The molecule has 172 valence electrons. The van der Waals surface area contributed by atoms with Crippen molar-refractivity contribution in [2.24, 2.45) is 10.2 Å². The van der Waals surface area contributed by atoms with Crippen LogP contribution in [0.2, 0.25) is 0 Å². The third-order valence-corrected chi connectivity index (χ3v) is 4.66. The second-order valence-electron chi connectivity index (χ2n) is 7.01. The lowest BCUT2D eigenvalue weighted by atomic mass is 10.2. The monoisotopic (exact) mass is 458 g/mol. The first-order chi connectivity index (χ1) is 16.5. The average molecular weight is 458 g/mol. The molecule has 1 N–H and O–H groups in total. The fourth-order valence-corrected chi connectivity index (χ4v) is 2.97. The normalized spacial score (nSPS) is 10.4. The van der Waals surface area contributed by atoms with Crippen LogP contribution in [-0.4, -0.2) is 30.7 Å². The maximum atomic E-state index is 12.0. The minimum absolute atomic E-state index is 0.0118. The molecule has 0 aliphatic carbocycles. The molecule has 3 aromatic carbocycles. The lowest BCUT2D eigenvalue weighted by molar-refractivity contribution is -0.384. The summed E-state index contributed by atoms with van der Waals surface area (Å²) in [5.74, 6) is 0. The first-order valence-corrected chi connectivity index (χ1v) is 10.4. The summed E-state index contributed by atoms with van der Waals surface area (Å²) in [5.41, 5.74) is 2.57. The van der Waals surface area contributed by atoms with Crippen LogP contribution in [-0.2, 0) is 4.74 Å². The van der Waals surface area contributed by atoms with Crippen LogP contribution in [0.15, 0.2) is 89.1 Å². The molecule has 3 aromatic rings. The van der Waals surface area contributed by atoms with E-state index in [2.05, 4.69) is 21.6 Å². The molecule has 0 unspecified atom stereocenters. The minimum Gasteiger partial charge on any atom is -0.447 e. The highest BCUT2D eigenvalue weighted by molar-refractivity contribution is 5.84. The zero-order chi connectivity index (χ0) is 24.2. The van der Waals surface area contributed by atoms with Crippen LogP contribution in [0.1, 0.15) is 6.42 Å². The lowest BCUT2D eigenvalue weighted by Crippen LogP contribution is -2.29. The van der Waals surface area contributed by atoms with E-state index in [9.17, 15) is 14.9 Å². The van der Waals surface area contributed by atoms with Crippen molar-refractivity contribution < 1.29 is 14.5 Å². The van der Waals surface area contributed by atoms with E-state index < -0.39 is 11.0 Å². The van der Waals surface area contributed by atoms with E-state index in [-0.39, 0.29) is 12.3 Å². The van der Waals surface area contributed by atoms with E-state index in [1.807, 2.05) is 35.2 Å². The molecule has 10 nitrogen and oxygen atoms in total. The van der Waals surface area contributed by atoms with Crippen LogP contribution in [0, 0.1) is 21.4 Å². The Morgan fingerprint density at radius 2 is 1.59 bits per heavy atom. The highest BCUT2D eigenvalue weighted by atomic mass is 16.6. The Balaban J connectivity index is 1.56. The van der Waals surface area contributed by atoms with Crippen LogP contribution in [0.5, 0.6) is 0 Å². The topological polar surface area (TPSA) is 133 Å². The van der Waals surface area contributed by atoms with Gasteiger partial charge in [0, 0.05) is 30.1 Å². The Morgan fingerprint density at radius 1 is 0.971 bits per heavy atom. The molecule has 0 saturated carbocycles. The van der Waals surface area contributed by atoms with E-state index >= 15 is 0 Å². The molecule has 0 spiro atoms. The molecule has 0 aliphatic heterocycles. The van der Waals surface area contributed by atoms with Crippen molar-refractivity contribution in [1.29, 1.82) is 5.26 Å². The number of benzene rings is 3. The number of non-ortho nitro benzene ring substituents is 1. The summed E-state index contributed by atoms with van der Waals surface area (Å²) in [7, 11) is 0. The highest BCUT2D eigenvalue weighted by Crippen LogP contribution is 2.24. The first-order valence-electron chi connectivity index (χ1n) is 10.4. The zero-order valence-electron chi connectivity index (χ0n) is 18.2. The third kappa shape index (κ3) is 7.42. The largest absolute Gasteiger partial charge is 0.447 e. The summed E-state index contributed by atoms with van der Waals surface area (Å²) in [4.78, 5) is 24.2. The molecule has 0 saturated heterocycles. The van der Waals surface area contributed by atoms with Gasteiger partial charge in [-0.2, -0.15) is 15.5 Å². The molecular formula is C24H22N6O4. The number of nitro benzene ring substituents is 1. The summed E-state index contributed by atoms with van der Waals surface area (Å²) < 4.78 is 5.26. The summed E-state index contributed by atoms with van der Waals surface area (Å²) in [6.07, 6.45) is -0.230. The number of carbonyl (C=O) groups is 1. The Bertz CT molecular complexity index is 1160. The van der Waals surface area contributed by atoms with E-state index in [0.29, 0.717) is 36.6 Å². The Hall–Kier alpha value is -4.78. The number of amides is 1. The number of hydrogen-bond acceptors (Lipinski definition) is 8. The standard InChI is InChI=1S/C24H22N6O4/c25-15-4-16-29(17-18-34-24(31)26-19-5-2-1-3-6-19)22-11-7-20(8-12-22)27-28-21-9-13-23(14-10-21)30(32)33/h1-3,5-14H,4,16-18H2,(H,26,31). The van der Waals surface area contributed by atoms with E-state index in [0.717, 1.165) is 5.69 Å². The van der Waals surface area contributed by atoms with Gasteiger partial charge in [0.25, 0.3) is 5.69 Å². The number of nitrogens with one attached hydrogen (secondary N) is 1. The molecule has 0 radical (unpaired) electrons. The molecule has 34 heavy (non-hydrogen) atoms. The molecular weight excluding hydrogens is 436 g/mol. The number of nitriles is 1. The van der Waals surface area contributed by atoms with Gasteiger partial charge < -0.3 is 9.64 Å². The third-order valence-electron chi connectivity index (χ3n) is 4.66. The SMILES string of the molecule is N#CCCN(CCOC(=O)Nc1ccccc1)c1ccc(N=Nc2ccc([N+](=O)[O-])cc2)cc1. The van der Waals surface area contributed by atoms with Crippen molar-refractivity contribution in [2.75, 3.05) is 29.9 Å². The van der Waals surface area contributed by atoms with Gasteiger partial charge in [-0.15, -0.1) is 0 Å². The summed E-state index contributed by atoms with van der Waals surface area (Å²) in [6, 6.07) is 24.1. The minimum atomic E-state index is -0.548. The predicted octanol–water partition coefficient (Wildman–Crippen LogP) is 5.98. The molecule has 0 aliphatic rings. The Kier molecular flexibility index (Phi) is 8.64. The molecule has 1 amide bonds. The first kappa shape index (κ1) is 23.9. The second kappa shape index (κ2) is 12.3. The number of nitrogens with zero attached hydrogens (tertiary/aromatic N) is 5. The second-order valence-corrected chi connectivity index (χ2v) is 7.01. The maximum absolute atomic E-state index is 12.0. The molecule has 10 heteroatoms. The van der Waals surface area contributed by atoms with Crippen LogP contribution in [0.3, 0.4) is 0 Å². The van der Waals surface area contributed by atoms with Crippen molar-refractivity contribution in [3.8, 4) is 6.07 Å². The number of rotatable bonds is 10. The molecule has 0 atom stereocenters.